The molecule has 0 aliphatic heterocycles. The van der Waals surface area contributed by atoms with Crippen LogP contribution in [0.15, 0.2) is 0 Å². The third-order valence-corrected chi connectivity index (χ3v) is 32.2. The zero-order valence-electron chi connectivity index (χ0n) is 97.9. The first kappa shape index (κ1) is 173. The molecule has 816 valence electrons. The molecule has 0 saturated heterocycles. The Hall–Kier alpha value is -0.990. The third-order valence-electron chi connectivity index (χ3n) is 32.2. The van der Waals surface area contributed by atoms with Gasteiger partial charge in [0.2, 0.25) is 0 Å². The summed E-state index contributed by atoms with van der Waals surface area (Å²) in [7, 11) is -19.0. The van der Waals surface area contributed by atoms with Crippen LogP contribution >= 0.6 is 0 Å². The van der Waals surface area contributed by atoms with Gasteiger partial charge in [0.15, 0.2) is 0 Å². The van der Waals surface area contributed by atoms with Crippen molar-refractivity contribution in [1.29, 1.82) is 0 Å². The van der Waals surface area contributed by atoms with Crippen molar-refractivity contribution in [2.24, 2.45) is 0 Å². The maximum absolute atomic E-state index is 9.89. The summed E-state index contributed by atoms with van der Waals surface area (Å²) in [5, 5.41) is 99.7. The summed E-state index contributed by atoms with van der Waals surface area (Å²) in [5.74, 6) is 0. The molecule has 24 nitrogen and oxygen atoms in total. The van der Waals surface area contributed by atoms with Crippen molar-refractivity contribution >= 4 is 44.4 Å². The zero-order valence-corrected chi connectivity index (χ0v) is 97.9. The molecule has 0 fully saturated rings. The van der Waals surface area contributed by atoms with Crippen LogP contribution in [0.25, 0.3) is 0 Å². The van der Waals surface area contributed by atoms with Crippen molar-refractivity contribution in [2.45, 2.75) is 332 Å². The van der Waals surface area contributed by atoms with Gasteiger partial charge in [-0.25, -0.2) is 0 Å². The molecule has 0 atom stereocenters. The van der Waals surface area contributed by atoms with Crippen LogP contribution in [-0.2, 0) is 0 Å². The topological polar surface area (TPSA) is 277 Å². The Labute approximate surface area is 826 Å². The Morgan fingerprint density at radius 1 is 0.0909 bits per heavy atom. The minimum absolute atomic E-state index is 1.28. The summed E-state index contributed by atoms with van der Waals surface area (Å²) in [5.41, 5.74) is 0. The third kappa shape index (κ3) is 103. The molecule has 0 aromatic rings. The standard InChI is InChI=1S/12C8H20N.6BFO2/c12*1-5-9(6-2,7-3)8-4;6*2-1(3)4/h12*5-8H2,1-4H3;;;;;;/q12*+1;6*-2. The molecule has 0 N–H and O–H groups in total. The van der Waals surface area contributed by atoms with E-state index in [1.807, 2.05) is 0 Å². The van der Waals surface area contributed by atoms with Crippen LogP contribution in [0.2, 0.25) is 0 Å². The molecule has 132 heavy (non-hydrogen) atoms. The molecular formula is C96H240B6F6N12O12. The maximum Gasteiger partial charge on any atom is 0.121 e. The van der Waals surface area contributed by atoms with Gasteiger partial charge in [-0.1, -0.05) is 0 Å². The smallest absolute Gasteiger partial charge is 0.121 e. The maximum atomic E-state index is 9.89. The van der Waals surface area contributed by atoms with E-state index in [-0.39, 0.29) is 0 Å². The van der Waals surface area contributed by atoms with Gasteiger partial charge in [-0.05, 0) is 332 Å². The lowest BCUT2D eigenvalue weighted by molar-refractivity contribution is -0.921. The van der Waals surface area contributed by atoms with Crippen LogP contribution in [0.5, 0.6) is 0 Å². The van der Waals surface area contributed by atoms with E-state index in [1.165, 1.54) is 368 Å². The van der Waals surface area contributed by atoms with Crippen molar-refractivity contribution in [1.82, 2.24) is 0 Å². The average molecular weight is 1930 g/mol. The number of halogens is 6. The summed E-state index contributed by atoms with van der Waals surface area (Å²) in [6.07, 6.45) is 0. The number of hydrogen-bond acceptors (Lipinski definition) is 12. The first-order valence-corrected chi connectivity index (χ1v) is 53.3. The molecule has 0 aromatic carbocycles. The highest BCUT2D eigenvalue weighted by molar-refractivity contribution is 6.28. The van der Waals surface area contributed by atoms with E-state index in [2.05, 4.69) is 332 Å². The van der Waals surface area contributed by atoms with Gasteiger partial charge in [0, 0.05) is 0 Å². The van der Waals surface area contributed by atoms with Gasteiger partial charge >= 0.3 is 0 Å². The molecule has 0 rings (SSSR count). The van der Waals surface area contributed by atoms with E-state index in [1.54, 1.807) is 0 Å². The highest BCUT2D eigenvalue weighted by atomic mass is 19.1. The van der Waals surface area contributed by atoms with Gasteiger partial charge in [0.25, 0.3) is 0 Å². The fourth-order valence-corrected chi connectivity index (χ4v) is 16.1. The molecule has 0 radical (unpaired) electrons. The van der Waals surface area contributed by atoms with Crippen LogP contribution in [0.4, 0.5) is 25.9 Å². The SMILES string of the molecule is CC[N+](CC)(CC)CC.CC[N+](CC)(CC)CC.CC[N+](CC)(CC)CC.CC[N+](CC)(CC)CC.CC[N+](CC)(CC)CC.CC[N+](CC)(CC)CC.CC[N+](CC)(CC)CC.CC[N+](CC)(CC)CC.CC[N+](CC)(CC)CC.CC[N+](CC)(CC)CC.CC[N+](CC)(CC)CC.CC[N+](CC)(CC)CC.[O-]B([O-])F.[O-]B([O-])F.[O-]B([O-])F.[O-]B([O-])F.[O-]B([O-])F.[O-]B([O-])F. The predicted octanol–water partition coefficient (Wildman–Crippen LogP) is 8.56. The highest BCUT2D eigenvalue weighted by Crippen LogP contribution is 2.11. The first-order chi connectivity index (χ1) is 61.3. The van der Waals surface area contributed by atoms with Crippen molar-refractivity contribution in [3.63, 3.8) is 0 Å². The fraction of sp³-hybridized carbons (Fsp3) is 1.00. The van der Waals surface area contributed by atoms with Crippen molar-refractivity contribution in [2.75, 3.05) is 314 Å². The van der Waals surface area contributed by atoms with E-state index in [4.69, 9.17) is 60.3 Å². The summed E-state index contributed by atoms with van der Waals surface area (Å²) < 4.78 is 74.7. The summed E-state index contributed by atoms with van der Waals surface area (Å²) in [6.45, 7) is 171. The van der Waals surface area contributed by atoms with Crippen molar-refractivity contribution < 1.29 is 140 Å². The van der Waals surface area contributed by atoms with Gasteiger partial charge in [-0.2, -0.15) is 0 Å². The van der Waals surface area contributed by atoms with Gasteiger partial charge < -0.3 is 140 Å². The normalized spacial score (nSPS) is 11.0. The molecule has 0 amide bonds. The fourth-order valence-electron chi connectivity index (χ4n) is 16.1. The molecule has 0 aliphatic rings. The Morgan fingerprint density at radius 2 is 0.106 bits per heavy atom. The largest absolute Gasteiger partial charge is 0.867 e. The lowest BCUT2D eigenvalue weighted by Gasteiger charge is -2.34. The number of rotatable bonds is 48. The molecular weight excluding hydrogens is 1690 g/mol. The van der Waals surface area contributed by atoms with Crippen LogP contribution < -0.4 is 60.3 Å². The summed E-state index contributed by atoms with van der Waals surface area (Å²) in [6, 6.07) is 0. The second-order valence-electron chi connectivity index (χ2n) is 32.9. The highest BCUT2D eigenvalue weighted by Gasteiger charge is 2.24. The number of quaternary nitrogens is 12. The van der Waals surface area contributed by atoms with E-state index in [0.717, 1.165) is 0 Å². The van der Waals surface area contributed by atoms with Crippen LogP contribution in [0.3, 0.4) is 0 Å². The molecule has 0 bridgehead atoms. The Morgan fingerprint density at radius 3 is 0.106 bits per heavy atom. The monoisotopic (exact) mass is 1930 g/mol. The molecule has 0 unspecified atom stereocenters. The van der Waals surface area contributed by atoms with Crippen molar-refractivity contribution in [3.05, 3.63) is 0 Å². The first-order valence-electron chi connectivity index (χ1n) is 53.3. The van der Waals surface area contributed by atoms with E-state index >= 15 is 0 Å². The number of hydrogen-bond donors (Lipinski definition) is 0. The average Bonchev–Trinajstić information content (AvgIpc) is 1.02. The second kappa shape index (κ2) is 115. The minimum atomic E-state index is -3.17. The van der Waals surface area contributed by atoms with Crippen LogP contribution in [0.1, 0.15) is 332 Å². The summed E-state index contributed by atoms with van der Waals surface area (Å²) >= 11 is 0. The molecule has 0 aliphatic carbocycles. The van der Waals surface area contributed by atoms with Gasteiger partial charge in [-0.3, -0.25) is 0 Å². The van der Waals surface area contributed by atoms with Crippen LogP contribution in [-0.4, -0.2) is 412 Å². The zero-order chi connectivity index (χ0) is 109. The van der Waals surface area contributed by atoms with E-state index < -0.39 is 44.4 Å². The Kier molecular flexibility index (Phi) is 151. The van der Waals surface area contributed by atoms with Gasteiger partial charge in [0.1, 0.15) is 44.4 Å². The lowest BCUT2D eigenvalue weighted by Crippen LogP contribution is -2.47. The van der Waals surface area contributed by atoms with Crippen molar-refractivity contribution in [3.8, 4) is 0 Å². The molecule has 0 aromatic heterocycles. The quantitative estimate of drug-likeness (QED) is 0.0315. The molecule has 0 heterocycles. The predicted molar refractivity (Wildman–Crippen MR) is 550 cm³/mol. The minimum Gasteiger partial charge on any atom is -0.867 e. The van der Waals surface area contributed by atoms with E-state index in [9.17, 15) is 25.9 Å². The summed E-state index contributed by atoms with van der Waals surface area (Å²) in [4.78, 5) is 0. The van der Waals surface area contributed by atoms with Gasteiger partial charge in [0.05, 0.1) is 314 Å². The second-order valence-corrected chi connectivity index (χ2v) is 32.9. The number of nitrogens with zero attached hydrogens (tertiary/aromatic N) is 12. The molecule has 0 saturated carbocycles. The Bertz CT molecular complexity index is 1360. The molecule has 36 heteroatoms. The van der Waals surface area contributed by atoms with E-state index in [0.29, 0.717) is 0 Å². The lowest BCUT2D eigenvalue weighted by atomic mass is 10.3. The van der Waals surface area contributed by atoms with Crippen LogP contribution in [0, 0.1) is 0 Å². The Balaban J connectivity index is -0.0000000656. The van der Waals surface area contributed by atoms with Gasteiger partial charge in [-0.15, -0.1) is 0 Å². The molecule has 0 spiro atoms.